The lowest BCUT2D eigenvalue weighted by molar-refractivity contribution is 0.657. The first-order chi connectivity index (χ1) is 17.3. The zero-order chi connectivity index (χ0) is 23.2. The van der Waals surface area contributed by atoms with Crippen LogP contribution in [0, 0.1) is 0 Å². The maximum absolute atomic E-state index is 6.43. The summed E-state index contributed by atoms with van der Waals surface area (Å²) in [6.07, 6.45) is 0. The van der Waals surface area contributed by atoms with Gasteiger partial charge in [0, 0.05) is 21.9 Å². The molecular formula is C32H20N2O. The Kier molecular flexibility index (Phi) is 4.46. The molecule has 0 aliphatic carbocycles. The fraction of sp³-hybridized carbons (Fsp3) is 0. The van der Waals surface area contributed by atoms with Gasteiger partial charge in [-0.25, -0.2) is 4.98 Å². The van der Waals surface area contributed by atoms with E-state index in [-0.39, 0.29) is 0 Å². The molecule has 164 valence electrons. The molecule has 0 spiro atoms. The molecule has 0 aliphatic rings. The quantitative estimate of drug-likeness (QED) is 0.272. The van der Waals surface area contributed by atoms with Crippen LogP contribution in [0.3, 0.4) is 0 Å². The smallest absolute Gasteiger partial charge is 0.231 e. The van der Waals surface area contributed by atoms with Crippen LogP contribution >= 0.6 is 0 Å². The molecule has 3 heteroatoms. The lowest BCUT2D eigenvalue weighted by atomic mass is 10.00. The fourth-order valence-corrected chi connectivity index (χ4v) is 4.78. The van der Waals surface area contributed by atoms with Crippen molar-refractivity contribution in [3.8, 4) is 33.8 Å². The van der Waals surface area contributed by atoms with Crippen molar-refractivity contribution in [2.24, 2.45) is 0 Å². The first-order valence-corrected chi connectivity index (χ1v) is 11.7. The predicted octanol–water partition coefficient (Wildman–Crippen LogP) is 8.53. The van der Waals surface area contributed by atoms with Gasteiger partial charge < -0.3 is 4.42 Å². The first-order valence-electron chi connectivity index (χ1n) is 11.7. The molecule has 0 fully saturated rings. The molecule has 0 bridgehead atoms. The third-order valence-corrected chi connectivity index (χ3v) is 6.52. The average Bonchev–Trinajstić information content (AvgIpc) is 3.33. The number of rotatable bonds is 3. The molecule has 2 aromatic heterocycles. The summed E-state index contributed by atoms with van der Waals surface area (Å²) in [5, 5.41) is 4.19. The molecule has 7 rings (SSSR count). The second kappa shape index (κ2) is 7.93. The van der Waals surface area contributed by atoms with Gasteiger partial charge in [-0.3, -0.25) is 0 Å². The van der Waals surface area contributed by atoms with Crippen LogP contribution in [0.25, 0.3) is 66.6 Å². The normalized spacial score (nSPS) is 11.4. The number of hydrogen-bond donors (Lipinski definition) is 0. The summed E-state index contributed by atoms with van der Waals surface area (Å²) in [5.41, 5.74) is 6.68. The van der Waals surface area contributed by atoms with Crippen LogP contribution in [0.15, 0.2) is 126 Å². The minimum Gasteiger partial charge on any atom is -0.437 e. The average molecular weight is 449 g/mol. The van der Waals surface area contributed by atoms with Crippen molar-refractivity contribution in [1.29, 1.82) is 0 Å². The maximum atomic E-state index is 6.43. The molecule has 0 aliphatic heterocycles. The van der Waals surface area contributed by atoms with Crippen LogP contribution in [0.4, 0.5) is 0 Å². The van der Waals surface area contributed by atoms with Gasteiger partial charge in [-0.1, -0.05) is 115 Å². The van der Waals surface area contributed by atoms with Crippen LogP contribution in [0.2, 0.25) is 0 Å². The summed E-state index contributed by atoms with van der Waals surface area (Å²) >= 11 is 0. The van der Waals surface area contributed by atoms with E-state index in [1.165, 1.54) is 11.1 Å². The van der Waals surface area contributed by atoms with Crippen molar-refractivity contribution in [3.63, 3.8) is 0 Å². The summed E-state index contributed by atoms with van der Waals surface area (Å²) in [6, 6.07) is 41.6. The number of benzene rings is 5. The van der Waals surface area contributed by atoms with Crippen LogP contribution in [-0.2, 0) is 0 Å². The monoisotopic (exact) mass is 448 g/mol. The Hall–Kier alpha value is -4.76. The van der Waals surface area contributed by atoms with Crippen molar-refractivity contribution in [1.82, 2.24) is 9.97 Å². The molecule has 2 heterocycles. The lowest BCUT2D eigenvalue weighted by Crippen LogP contribution is -1.93. The molecule has 3 nitrogen and oxygen atoms in total. The predicted molar refractivity (Wildman–Crippen MR) is 143 cm³/mol. The minimum atomic E-state index is 0.604. The van der Waals surface area contributed by atoms with Gasteiger partial charge in [0.1, 0.15) is 5.58 Å². The van der Waals surface area contributed by atoms with E-state index < -0.39 is 0 Å². The maximum Gasteiger partial charge on any atom is 0.231 e. The molecule has 0 atom stereocenters. The van der Waals surface area contributed by atoms with Gasteiger partial charge in [0.05, 0.1) is 11.1 Å². The van der Waals surface area contributed by atoms with E-state index >= 15 is 0 Å². The topological polar surface area (TPSA) is 38.9 Å². The molecule has 0 radical (unpaired) electrons. The number of hydrogen-bond acceptors (Lipinski definition) is 3. The summed E-state index contributed by atoms with van der Waals surface area (Å²) in [7, 11) is 0. The number of furan rings is 1. The van der Waals surface area contributed by atoms with Crippen molar-refractivity contribution in [3.05, 3.63) is 121 Å². The van der Waals surface area contributed by atoms with E-state index in [0.717, 1.165) is 43.9 Å². The van der Waals surface area contributed by atoms with Crippen LogP contribution in [0.1, 0.15) is 0 Å². The Bertz CT molecular complexity index is 1820. The summed E-state index contributed by atoms with van der Waals surface area (Å²) < 4.78 is 6.43. The Morgan fingerprint density at radius 2 is 1.09 bits per heavy atom. The van der Waals surface area contributed by atoms with Gasteiger partial charge in [0.25, 0.3) is 0 Å². The molecule has 0 saturated carbocycles. The minimum absolute atomic E-state index is 0.604. The number of fused-ring (bicyclic) bond motifs is 5. The van der Waals surface area contributed by atoms with Crippen LogP contribution < -0.4 is 0 Å². The molecule has 0 N–H and O–H groups in total. The molecule has 35 heavy (non-hydrogen) atoms. The highest BCUT2D eigenvalue weighted by atomic mass is 16.3. The second-order valence-corrected chi connectivity index (χ2v) is 8.65. The van der Waals surface area contributed by atoms with E-state index in [1.54, 1.807) is 0 Å². The zero-order valence-corrected chi connectivity index (χ0v) is 18.8. The summed E-state index contributed by atoms with van der Waals surface area (Å²) in [4.78, 5) is 9.94. The van der Waals surface area contributed by atoms with E-state index in [2.05, 4.69) is 72.8 Å². The molecule has 5 aromatic carbocycles. The lowest BCUT2D eigenvalue weighted by Gasteiger charge is -2.08. The summed E-state index contributed by atoms with van der Waals surface area (Å²) in [6.45, 7) is 0. The molecule has 0 amide bonds. The highest BCUT2D eigenvalue weighted by molar-refractivity contribution is 6.17. The SMILES string of the molecule is c1ccc(-c2ccc(-c3nc(-c4ccccc4)nc4oc5c6ccccc6ccc5c34)cc2)cc1. The fourth-order valence-electron chi connectivity index (χ4n) is 4.78. The Morgan fingerprint density at radius 3 is 1.86 bits per heavy atom. The molecule has 0 saturated heterocycles. The second-order valence-electron chi connectivity index (χ2n) is 8.65. The van der Waals surface area contributed by atoms with Crippen molar-refractivity contribution >= 4 is 32.8 Å². The standard InChI is InChI=1S/C32H20N2O/c1-3-9-21(10-4-1)22-15-17-24(18-16-22)29-28-27-20-19-23-11-7-8-14-26(23)30(27)35-32(28)34-31(33-29)25-12-5-2-6-13-25/h1-20H. The number of nitrogens with zero attached hydrogens (tertiary/aromatic N) is 2. The molecule has 0 unspecified atom stereocenters. The number of aromatic nitrogens is 2. The Labute approximate surface area is 202 Å². The Morgan fingerprint density at radius 1 is 0.457 bits per heavy atom. The van der Waals surface area contributed by atoms with Gasteiger partial charge in [0.15, 0.2) is 5.82 Å². The highest BCUT2D eigenvalue weighted by Gasteiger charge is 2.19. The molecule has 7 aromatic rings. The molecular weight excluding hydrogens is 428 g/mol. The van der Waals surface area contributed by atoms with E-state index in [1.807, 2.05) is 48.5 Å². The third-order valence-electron chi connectivity index (χ3n) is 6.52. The van der Waals surface area contributed by atoms with Gasteiger partial charge in [-0.15, -0.1) is 0 Å². The zero-order valence-electron chi connectivity index (χ0n) is 18.8. The van der Waals surface area contributed by atoms with Crippen molar-refractivity contribution < 1.29 is 4.42 Å². The van der Waals surface area contributed by atoms with E-state index in [4.69, 9.17) is 14.4 Å². The summed E-state index contributed by atoms with van der Waals surface area (Å²) in [5.74, 6) is 0.656. The first kappa shape index (κ1) is 19.7. The largest absolute Gasteiger partial charge is 0.437 e. The van der Waals surface area contributed by atoms with E-state index in [0.29, 0.717) is 11.5 Å². The van der Waals surface area contributed by atoms with Gasteiger partial charge in [0.2, 0.25) is 5.71 Å². The van der Waals surface area contributed by atoms with Gasteiger partial charge in [-0.2, -0.15) is 4.98 Å². The highest BCUT2D eigenvalue weighted by Crippen LogP contribution is 2.39. The van der Waals surface area contributed by atoms with Gasteiger partial charge >= 0.3 is 0 Å². The van der Waals surface area contributed by atoms with Crippen LogP contribution in [-0.4, -0.2) is 9.97 Å². The van der Waals surface area contributed by atoms with Crippen molar-refractivity contribution in [2.75, 3.05) is 0 Å². The van der Waals surface area contributed by atoms with Gasteiger partial charge in [-0.05, 0) is 22.6 Å². The van der Waals surface area contributed by atoms with Crippen molar-refractivity contribution in [2.45, 2.75) is 0 Å². The van der Waals surface area contributed by atoms with E-state index in [9.17, 15) is 0 Å². The third kappa shape index (κ3) is 3.29. The van der Waals surface area contributed by atoms with Crippen LogP contribution in [0.5, 0.6) is 0 Å². The Balaban J connectivity index is 1.51.